The molecule has 2 heterocycles. The van der Waals surface area contributed by atoms with Crippen molar-refractivity contribution in [2.24, 2.45) is 0 Å². The lowest BCUT2D eigenvalue weighted by Gasteiger charge is -2.28. The lowest BCUT2D eigenvalue weighted by Crippen LogP contribution is -3.18. The third kappa shape index (κ3) is 4.21. The van der Waals surface area contributed by atoms with E-state index < -0.39 is 15.9 Å². The topological polar surface area (TPSA) is 88.4 Å². The van der Waals surface area contributed by atoms with Crippen molar-refractivity contribution in [3.05, 3.63) is 29.8 Å². The van der Waals surface area contributed by atoms with E-state index >= 15 is 0 Å². The second-order valence-electron chi connectivity index (χ2n) is 7.59. The van der Waals surface area contributed by atoms with Crippen LogP contribution in [-0.2, 0) is 19.4 Å². The number of amides is 3. The van der Waals surface area contributed by atoms with E-state index in [-0.39, 0.29) is 36.2 Å². The molecule has 0 aromatic heterocycles. The second-order valence-corrected chi connectivity index (χ2v) is 9.82. The fourth-order valence-electron chi connectivity index (χ4n) is 3.88. The van der Waals surface area contributed by atoms with Crippen LogP contribution in [0.25, 0.3) is 0 Å². The molecule has 2 saturated heterocycles. The monoisotopic (exact) mass is 410 g/mol. The number of urea groups is 1. The SMILES string of the molecule is COCC[NH+](CN1C(=O)[C@@H](C)N(c2ccc(C)cc2)C1=O)[C@@H]1CCS(=O)(=O)C1. The molecule has 8 nitrogen and oxygen atoms in total. The molecule has 2 fully saturated rings. The summed E-state index contributed by atoms with van der Waals surface area (Å²) in [5.74, 6) is -0.0251. The van der Waals surface area contributed by atoms with Gasteiger partial charge in [0.2, 0.25) is 0 Å². The number of imide groups is 1. The van der Waals surface area contributed by atoms with Crippen molar-refractivity contribution < 1.29 is 27.6 Å². The number of hydrogen-bond donors (Lipinski definition) is 1. The molecule has 3 atom stereocenters. The van der Waals surface area contributed by atoms with Gasteiger partial charge in [-0.05, 0) is 26.0 Å². The maximum Gasteiger partial charge on any atom is 0.336 e. The van der Waals surface area contributed by atoms with Crippen LogP contribution in [-0.4, -0.2) is 75.8 Å². The first-order valence-corrected chi connectivity index (χ1v) is 11.3. The molecule has 3 amide bonds. The Morgan fingerprint density at radius 3 is 2.46 bits per heavy atom. The number of rotatable bonds is 7. The number of anilines is 1. The normalized spacial score (nSPS) is 25.5. The average Bonchev–Trinajstić information content (AvgIpc) is 3.11. The molecule has 154 valence electrons. The molecule has 28 heavy (non-hydrogen) atoms. The summed E-state index contributed by atoms with van der Waals surface area (Å²) >= 11 is 0. The average molecular weight is 411 g/mol. The molecule has 1 aromatic rings. The fourth-order valence-corrected chi connectivity index (χ4v) is 5.70. The molecule has 0 radical (unpaired) electrons. The number of methoxy groups -OCH3 is 1. The van der Waals surface area contributed by atoms with Crippen LogP contribution in [0.2, 0.25) is 0 Å². The summed E-state index contributed by atoms with van der Waals surface area (Å²) in [7, 11) is -1.48. The zero-order valence-corrected chi connectivity index (χ0v) is 17.4. The van der Waals surface area contributed by atoms with Crippen molar-refractivity contribution in [1.29, 1.82) is 0 Å². The van der Waals surface area contributed by atoms with Gasteiger partial charge < -0.3 is 9.64 Å². The Morgan fingerprint density at radius 1 is 1.21 bits per heavy atom. The minimum absolute atomic E-state index is 0.0828. The molecule has 3 rings (SSSR count). The van der Waals surface area contributed by atoms with Crippen LogP contribution in [0.1, 0.15) is 18.9 Å². The number of quaternary nitrogens is 1. The minimum atomic E-state index is -3.06. The number of ether oxygens (including phenoxy) is 1. The predicted octanol–water partition coefficient (Wildman–Crippen LogP) is -0.172. The van der Waals surface area contributed by atoms with Gasteiger partial charge in [0, 0.05) is 19.2 Å². The third-order valence-corrected chi connectivity index (χ3v) is 7.33. The lowest BCUT2D eigenvalue weighted by atomic mass is 10.2. The molecule has 1 aromatic carbocycles. The first-order chi connectivity index (χ1) is 13.2. The van der Waals surface area contributed by atoms with Gasteiger partial charge in [-0.2, -0.15) is 0 Å². The summed E-state index contributed by atoms with van der Waals surface area (Å²) < 4.78 is 29.0. The summed E-state index contributed by atoms with van der Waals surface area (Å²) in [5.41, 5.74) is 1.75. The van der Waals surface area contributed by atoms with Crippen molar-refractivity contribution in [2.75, 3.05) is 43.3 Å². The fraction of sp³-hybridized carbons (Fsp3) is 0.579. The first kappa shape index (κ1) is 20.8. The van der Waals surface area contributed by atoms with Gasteiger partial charge in [0.25, 0.3) is 5.91 Å². The van der Waals surface area contributed by atoms with E-state index in [0.29, 0.717) is 25.3 Å². The zero-order chi connectivity index (χ0) is 20.5. The maximum atomic E-state index is 13.0. The number of carbonyl (C=O) groups is 2. The number of aryl methyl sites for hydroxylation is 1. The quantitative estimate of drug-likeness (QED) is 0.631. The summed E-state index contributed by atoms with van der Waals surface area (Å²) in [5, 5.41) is 0. The molecule has 2 aliphatic rings. The Morgan fingerprint density at radius 2 is 1.89 bits per heavy atom. The molecule has 0 aliphatic carbocycles. The number of nitrogens with one attached hydrogen (secondary N) is 1. The molecule has 2 aliphatic heterocycles. The van der Waals surface area contributed by atoms with E-state index in [1.54, 1.807) is 14.0 Å². The van der Waals surface area contributed by atoms with Crippen molar-refractivity contribution in [2.45, 2.75) is 32.4 Å². The van der Waals surface area contributed by atoms with Gasteiger partial charge in [-0.3, -0.25) is 9.69 Å². The van der Waals surface area contributed by atoms with Crippen LogP contribution in [0.15, 0.2) is 24.3 Å². The Bertz CT molecular complexity index is 840. The molecule has 1 N–H and O–H groups in total. The predicted molar refractivity (Wildman–Crippen MR) is 105 cm³/mol. The highest BCUT2D eigenvalue weighted by Gasteiger charge is 2.46. The maximum absolute atomic E-state index is 13.0. The van der Waals surface area contributed by atoms with Gasteiger partial charge in [0.1, 0.15) is 24.4 Å². The van der Waals surface area contributed by atoms with Crippen LogP contribution in [0, 0.1) is 6.92 Å². The van der Waals surface area contributed by atoms with Crippen LogP contribution in [0.4, 0.5) is 10.5 Å². The van der Waals surface area contributed by atoms with Crippen molar-refractivity contribution in [3.63, 3.8) is 0 Å². The van der Waals surface area contributed by atoms with E-state index in [9.17, 15) is 18.0 Å². The molecule has 0 saturated carbocycles. The Kier molecular flexibility index (Phi) is 6.07. The first-order valence-electron chi connectivity index (χ1n) is 9.48. The molecular weight excluding hydrogens is 382 g/mol. The second kappa shape index (κ2) is 8.18. The minimum Gasteiger partial charge on any atom is -0.379 e. The molecule has 1 unspecified atom stereocenters. The Balaban J connectivity index is 1.79. The van der Waals surface area contributed by atoms with Gasteiger partial charge in [-0.1, -0.05) is 17.7 Å². The molecule has 0 bridgehead atoms. The van der Waals surface area contributed by atoms with Gasteiger partial charge in [0.05, 0.1) is 12.4 Å². The third-order valence-electron chi connectivity index (χ3n) is 5.56. The van der Waals surface area contributed by atoms with Crippen LogP contribution in [0.3, 0.4) is 0 Å². The smallest absolute Gasteiger partial charge is 0.336 e. The highest BCUT2D eigenvalue weighted by Crippen LogP contribution is 2.25. The number of sulfone groups is 1. The molecule has 0 spiro atoms. The number of nitrogens with zero attached hydrogens (tertiary/aromatic N) is 2. The van der Waals surface area contributed by atoms with Crippen molar-refractivity contribution in [3.8, 4) is 0 Å². The highest BCUT2D eigenvalue weighted by atomic mass is 32.2. The largest absolute Gasteiger partial charge is 0.379 e. The van der Waals surface area contributed by atoms with E-state index in [1.807, 2.05) is 31.2 Å². The van der Waals surface area contributed by atoms with Crippen LogP contribution < -0.4 is 9.80 Å². The van der Waals surface area contributed by atoms with Gasteiger partial charge >= 0.3 is 6.03 Å². The standard InChI is InChI=1S/C19H27N3O5S/c1-14-4-6-16(7-5-14)22-15(2)18(23)21(19(22)24)13-20(9-10-27-3)17-8-11-28(25,26)12-17/h4-7,15,17H,8-13H2,1-3H3/p+1/t15-,17-/m1/s1. The Labute approximate surface area is 166 Å². The molecule has 9 heteroatoms. The number of benzene rings is 1. The number of carbonyl (C=O) groups excluding carboxylic acids is 2. The van der Waals surface area contributed by atoms with E-state index in [4.69, 9.17) is 4.74 Å². The van der Waals surface area contributed by atoms with Gasteiger partial charge in [-0.15, -0.1) is 0 Å². The molecular formula is C19H28N3O5S+. The number of hydrogen-bond acceptors (Lipinski definition) is 5. The zero-order valence-electron chi connectivity index (χ0n) is 16.6. The lowest BCUT2D eigenvalue weighted by molar-refractivity contribution is -0.929. The van der Waals surface area contributed by atoms with E-state index in [2.05, 4.69) is 0 Å². The van der Waals surface area contributed by atoms with E-state index in [1.165, 1.54) is 9.80 Å². The summed E-state index contributed by atoms with van der Waals surface area (Å²) in [6.45, 7) is 4.79. The van der Waals surface area contributed by atoms with E-state index in [0.717, 1.165) is 10.5 Å². The summed E-state index contributed by atoms with van der Waals surface area (Å²) in [4.78, 5) is 29.5. The van der Waals surface area contributed by atoms with Crippen molar-refractivity contribution in [1.82, 2.24) is 4.90 Å². The van der Waals surface area contributed by atoms with Gasteiger partial charge in [0.15, 0.2) is 16.5 Å². The van der Waals surface area contributed by atoms with Crippen LogP contribution >= 0.6 is 0 Å². The highest BCUT2D eigenvalue weighted by molar-refractivity contribution is 7.91. The summed E-state index contributed by atoms with van der Waals surface area (Å²) in [6.07, 6.45) is 0.537. The summed E-state index contributed by atoms with van der Waals surface area (Å²) in [6, 6.07) is 6.39. The van der Waals surface area contributed by atoms with Gasteiger partial charge in [-0.25, -0.2) is 18.1 Å². The Hall–Kier alpha value is -1.97. The van der Waals surface area contributed by atoms with Crippen molar-refractivity contribution >= 4 is 27.5 Å². The van der Waals surface area contributed by atoms with Crippen LogP contribution in [0.5, 0.6) is 0 Å².